The predicted octanol–water partition coefficient (Wildman–Crippen LogP) is 2.79. The minimum Gasteiger partial charge on any atom is -0.465 e. The average molecular weight is 462 g/mol. The van der Waals surface area contributed by atoms with Crippen LogP contribution in [0.25, 0.3) is 11.5 Å². The number of nitrogens with one attached hydrogen (secondary N) is 1. The van der Waals surface area contributed by atoms with Crippen LogP contribution in [0.15, 0.2) is 33.9 Å². The van der Waals surface area contributed by atoms with Crippen molar-refractivity contribution in [3.05, 3.63) is 45.8 Å². The number of fused-ring (bicyclic) bond motifs is 1. The number of amides is 1. The second kappa shape index (κ2) is 8.23. The minimum absolute atomic E-state index is 0.0553. The largest absolute Gasteiger partial charge is 0.465 e. The normalized spacial score (nSPS) is 13.1. The number of methoxy groups -OCH3 is 1. The molecule has 0 bridgehead atoms. The highest BCUT2D eigenvalue weighted by Gasteiger charge is 2.31. The van der Waals surface area contributed by atoms with Crippen LogP contribution in [0, 0.1) is 6.92 Å². The molecule has 0 fully saturated rings. The Labute approximate surface area is 182 Å². The zero-order chi connectivity index (χ0) is 22.2. The Balaban J connectivity index is 1.53. The van der Waals surface area contributed by atoms with E-state index in [0.717, 1.165) is 28.8 Å². The fraction of sp³-hybridized carbons (Fsp3) is 0.300. The van der Waals surface area contributed by atoms with Crippen LogP contribution in [-0.2, 0) is 32.2 Å². The summed E-state index contributed by atoms with van der Waals surface area (Å²) in [4.78, 5) is 25.7. The Hall–Kier alpha value is -3.05. The van der Waals surface area contributed by atoms with Crippen LogP contribution in [0.3, 0.4) is 0 Å². The lowest BCUT2D eigenvalue weighted by atomic mass is 10.1. The summed E-state index contributed by atoms with van der Waals surface area (Å²) in [6, 6.07) is 7.17. The second-order valence-electron chi connectivity index (χ2n) is 7.05. The van der Waals surface area contributed by atoms with Gasteiger partial charge in [0.2, 0.25) is 21.6 Å². The van der Waals surface area contributed by atoms with E-state index in [1.54, 1.807) is 12.1 Å². The first-order chi connectivity index (χ1) is 14.8. The van der Waals surface area contributed by atoms with Crippen molar-refractivity contribution >= 4 is 38.1 Å². The number of benzene rings is 1. The molecule has 1 aliphatic rings. The summed E-state index contributed by atoms with van der Waals surface area (Å²) in [5.41, 5.74) is 2.60. The molecule has 1 aromatic carbocycles. The van der Waals surface area contributed by atoms with Crippen LogP contribution in [0.5, 0.6) is 0 Å². The number of aryl methyl sites for hydroxylation is 2. The summed E-state index contributed by atoms with van der Waals surface area (Å²) in [5, 5.41) is 9.61. The van der Waals surface area contributed by atoms with Gasteiger partial charge in [-0.05, 0) is 43.4 Å². The third-order valence-electron chi connectivity index (χ3n) is 4.93. The summed E-state index contributed by atoms with van der Waals surface area (Å²) in [5.74, 6) is -2.20. The number of anilines is 1. The van der Waals surface area contributed by atoms with E-state index in [1.807, 2.05) is 19.1 Å². The van der Waals surface area contributed by atoms with Gasteiger partial charge in [-0.2, -0.15) is 0 Å². The van der Waals surface area contributed by atoms with E-state index in [2.05, 4.69) is 15.5 Å². The van der Waals surface area contributed by atoms with Gasteiger partial charge in [-0.25, -0.2) is 13.2 Å². The van der Waals surface area contributed by atoms with Gasteiger partial charge < -0.3 is 14.5 Å². The molecule has 0 atom stereocenters. The van der Waals surface area contributed by atoms with Gasteiger partial charge in [0.15, 0.2) is 0 Å². The molecular formula is C20H19N3O6S2. The number of hydrogen-bond acceptors (Lipinski definition) is 9. The first kappa shape index (κ1) is 21.2. The number of rotatable bonds is 6. The highest BCUT2D eigenvalue weighted by atomic mass is 32.2. The van der Waals surface area contributed by atoms with Crippen LogP contribution >= 0.6 is 11.3 Å². The SMILES string of the molecule is COC(=O)c1c(NC(=O)CS(=O)(=O)c2nnc(-c3ccccc3C)o2)sc2c1CCC2. The third kappa shape index (κ3) is 4.10. The number of esters is 1. The van der Waals surface area contributed by atoms with E-state index in [9.17, 15) is 18.0 Å². The lowest BCUT2D eigenvalue weighted by Crippen LogP contribution is -2.24. The van der Waals surface area contributed by atoms with Crippen molar-refractivity contribution in [3.63, 3.8) is 0 Å². The number of nitrogens with zero attached hydrogens (tertiary/aromatic N) is 2. The monoisotopic (exact) mass is 461 g/mol. The molecule has 0 aliphatic heterocycles. The highest BCUT2D eigenvalue weighted by Crippen LogP contribution is 2.39. The molecule has 0 unspecified atom stereocenters. The number of thiophene rings is 1. The van der Waals surface area contributed by atoms with Crippen LogP contribution in [0.2, 0.25) is 0 Å². The Bertz CT molecular complexity index is 1280. The lowest BCUT2D eigenvalue weighted by Gasteiger charge is -2.06. The first-order valence-electron chi connectivity index (χ1n) is 9.45. The number of carbonyl (C=O) groups is 2. The van der Waals surface area contributed by atoms with Gasteiger partial charge >= 0.3 is 11.2 Å². The number of ether oxygens (including phenoxy) is 1. The van der Waals surface area contributed by atoms with Gasteiger partial charge in [0.05, 0.1) is 12.7 Å². The van der Waals surface area contributed by atoms with E-state index in [4.69, 9.17) is 9.15 Å². The highest BCUT2D eigenvalue weighted by molar-refractivity contribution is 7.91. The van der Waals surface area contributed by atoms with Crippen LogP contribution in [0.1, 0.15) is 32.8 Å². The maximum absolute atomic E-state index is 12.6. The maximum Gasteiger partial charge on any atom is 0.341 e. The molecule has 11 heteroatoms. The summed E-state index contributed by atoms with van der Waals surface area (Å²) in [6.07, 6.45) is 2.45. The Kier molecular flexibility index (Phi) is 5.63. The summed E-state index contributed by atoms with van der Waals surface area (Å²) >= 11 is 1.27. The van der Waals surface area contributed by atoms with Crippen molar-refractivity contribution in [2.45, 2.75) is 31.4 Å². The molecule has 0 spiro atoms. The molecule has 1 N–H and O–H groups in total. The smallest absolute Gasteiger partial charge is 0.341 e. The maximum atomic E-state index is 12.6. The lowest BCUT2D eigenvalue weighted by molar-refractivity contribution is -0.113. The van der Waals surface area contributed by atoms with Gasteiger partial charge in [-0.1, -0.05) is 23.3 Å². The summed E-state index contributed by atoms with van der Waals surface area (Å²) in [6.45, 7) is 1.83. The number of hydrogen-bond donors (Lipinski definition) is 1. The standard InChI is InChI=1S/C20H19N3O6S2/c1-11-6-3-4-7-12(11)17-22-23-20(29-17)31(26,27)10-15(24)21-18-16(19(25)28-2)13-8-5-9-14(13)30-18/h3-4,6-7H,5,8-10H2,1-2H3,(H,21,24). The van der Waals surface area contributed by atoms with Gasteiger partial charge in [0.1, 0.15) is 10.8 Å². The molecule has 2 aromatic heterocycles. The summed E-state index contributed by atoms with van der Waals surface area (Å²) < 4.78 is 35.4. The zero-order valence-electron chi connectivity index (χ0n) is 16.8. The Morgan fingerprint density at radius 3 is 2.74 bits per heavy atom. The Morgan fingerprint density at radius 1 is 1.23 bits per heavy atom. The predicted molar refractivity (Wildman–Crippen MR) is 113 cm³/mol. The molecule has 162 valence electrons. The van der Waals surface area contributed by atoms with Crippen molar-refractivity contribution in [3.8, 4) is 11.5 Å². The van der Waals surface area contributed by atoms with E-state index in [-0.39, 0.29) is 5.89 Å². The first-order valence-corrected chi connectivity index (χ1v) is 11.9. The van der Waals surface area contributed by atoms with E-state index in [0.29, 0.717) is 22.5 Å². The van der Waals surface area contributed by atoms with Crippen LogP contribution < -0.4 is 5.32 Å². The Morgan fingerprint density at radius 2 is 2.00 bits per heavy atom. The van der Waals surface area contributed by atoms with Crippen LogP contribution in [-0.4, -0.2) is 43.4 Å². The molecule has 1 amide bonds. The van der Waals surface area contributed by atoms with E-state index in [1.165, 1.54) is 18.4 Å². The van der Waals surface area contributed by atoms with E-state index >= 15 is 0 Å². The van der Waals surface area contributed by atoms with Crippen molar-refractivity contribution < 1.29 is 27.2 Å². The summed E-state index contributed by atoms with van der Waals surface area (Å²) in [7, 11) is -2.91. The van der Waals surface area contributed by atoms with Crippen molar-refractivity contribution in [2.24, 2.45) is 0 Å². The number of aromatic nitrogens is 2. The number of sulfone groups is 1. The fourth-order valence-corrected chi connectivity index (χ4v) is 5.67. The second-order valence-corrected chi connectivity index (χ2v) is 10.0. The molecule has 0 saturated heterocycles. The average Bonchev–Trinajstić information content (AvgIpc) is 3.43. The number of carbonyl (C=O) groups excluding carboxylic acids is 2. The van der Waals surface area contributed by atoms with Gasteiger partial charge in [0, 0.05) is 10.4 Å². The molecule has 3 aromatic rings. The molecular weight excluding hydrogens is 442 g/mol. The van der Waals surface area contributed by atoms with Gasteiger partial charge in [-0.3, -0.25) is 4.79 Å². The topological polar surface area (TPSA) is 128 Å². The van der Waals surface area contributed by atoms with Gasteiger partial charge in [0.25, 0.3) is 0 Å². The van der Waals surface area contributed by atoms with Crippen LogP contribution in [0.4, 0.5) is 5.00 Å². The minimum atomic E-state index is -4.18. The van der Waals surface area contributed by atoms with Crippen molar-refractivity contribution in [1.82, 2.24) is 10.2 Å². The zero-order valence-corrected chi connectivity index (χ0v) is 18.4. The molecule has 0 saturated carbocycles. The molecule has 0 radical (unpaired) electrons. The molecule has 9 nitrogen and oxygen atoms in total. The third-order valence-corrected chi connectivity index (χ3v) is 7.48. The van der Waals surface area contributed by atoms with Crippen molar-refractivity contribution in [1.29, 1.82) is 0 Å². The molecule has 2 heterocycles. The quantitative estimate of drug-likeness (QED) is 0.555. The van der Waals surface area contributed by atoms with Crippen molar-refractivity contribution in [2.75, 3.05) is 18.2 Å². The van der Waals surface area contributed by atoms with E-state index < -0.39 is 32.7 Å². The molecule has 4 rings (SSSR count). The fourth-order valence-electron chi connectivity index (χ4n) is 3.46. The molecule has 31 heavy (non-hydrogen) atoms. The van der Waals surface area contributed by atoms with Gasteiger partial charge in [-0.15, -0.1) is 16.4 Å². The molecule has 1 aliphatic carbocycles.